The van der Waals surface area contributed by atoms with E-state index in [1.165, 1.54) is 23.5 Å². The van der Waals surface area contributed by atoms with Gasteiger partial charge in [0.2, 0.25) is 0 Å². The molecular weight excluding hydrogens is 287 g/mol. The zero-order valence-electron chi connectivity index (χ0n) is 10.8. The fraction of sp³-hybridized carbons (Fsp3) is 0.636. The largest absolute Gasteiger partial charge is 0.504 e. The predicted octanol–water partition coefficient (Wildman–Crippen LogP) is -0.0181. The molecule has 2 bridgehead atoms. The third-order valence-corrected chi connectivity index (χ3v) is 3.95. The van der Waals surface area contributed by atoms with Crippen molar-refractivity contribution in [2.75, 3.05) is 19.9 Å². The quantitative estimate of drug-likeness (QED) is 0.785. The molecule has 0 saturated carbocycles. The van der Waals surface area contributed by atoms with Crippen LogP contribution in [0.5, 0.6) is 0 Å². The van der Waals surface area contributed by atoms with Crippen molar-refractivity contribution in [2.45, 2.75) is 24.4 Å². The van der Waals surface area contributed by atoms with E-state index in [4.69, 9.17) is 14.0 Å². The van der Waals surface area contributed by atoms with Gasteiger partial charge >= 0.3 is 13.7 Å². The Hall–Kier alpha value is -1.34. The molecule has 2 fully saturated rings. The van der Waals surface area contributed by atoms with E-state index in [9.17, 15) is 14.2 Å². The van der Waals surface area contributed by atoms with Crippen LogP contribution < -0.4 is 11.2 Å². The van der Waals surface area contributed by atoms with Gasteiger partial charge in [0.25, 0.3) is 5.56 Å². The van der Waals surface area contributed by atoms with Crippen LogP contribution >= 0.6 is 8.03 Å². The van der Waals surface area contributed by atoms with Gasteiger partial charge in [-0.1, -0.05) is 0 Å². The van der Waals surface area contributed by atoms with Gasteiger partial charge in [-0.25, -0.2) is 4.79 Å². The fourth-order valence-electron chi connectivity index (χ4n) is 2.55. The topological polar surface area (TPSA) is 99.6 Å². The number of aromatic amines is 1. The second-order valence-electron chi connectivity index (χ2n) is 4.98. The highest BCUT2D eigenvalue weighted by Crippen LogP contribution is 2.45. The van der Waals surface area contributed by atoms with Crippen molar-refractivity contribution < 1.29 is 18.6 Å². The minimum absolute atomic E-state index is 0.157. The third-order valence-electron chi connectivity index (χ3n) is 3.46. The Morgan fingerprint density at radius 2 is 2.40 bits per heavy atom. The molecule has 9 heteroatoms. The number of H-pyrrole nitrogens is 1. The van der Waals surface area contributed by atoms with Gasteiger partial charge in [-0.3, -0.25) is 14.3 Å². The number of aromatic nitrogens is 2. The highest BCUT2D eigenvalue weighted by molar-refractivity contribution is 7.38. The molecule has 1 aromatic rings. The third kappa shape index (κ3) is 2.35. The van der Waals surface area contributed by atoms with Crippen molar-refractivity contribution in [1.82, 2.24) is 9.55 Å². The normalized spacial score (nSPS) is 32.5. The lowest BCUT2D eigenvalue weighted by Crippen LogP contribution is -2.42. The van der Waals surface area contributed by atoms with Crippen molar-refractivity contribution in [2.24, 2.45) is 0 Å². The minimum atomic E-state index is -1.72. The van der Waals surface area contributed by atoms with Crippen LogP contribution in [0.3, 0.4) is 0 Å². The van der Waals surface area contributed by atoms with Gasteiger partial charge in [0, 0.05) is 18.7 Å². The van der Waals surface area contributed by atoms with Gasteiger partial charge in [0.1, 0.15) is 18.3 Å². The van der Waals surface area contributed by atoms with Crippen LogP contribution in [0.1, 0.15) is 12.6 Å². The van der Waals surface area contributed by atoms with E-state index < -0.39 is 31.1 Å². The first kappa shape index (κ1) is 13.6. The zero-order chi connectivity index (χ0) is 14.3. The first-order valence-electron chi connectivity index (χ1n) is 6.14. The average Bonchev–Trinajstić information content (AvgIpc) is 2.95. The van der Waals surface area contributed by atoms with Gasteiger partial charge in [-0.2, -0.15) is 0 Å². The van der Waals surface area contributed by atoms with Crippen molar-refractivity contribution in [1.29, 1.82) is 0 Å². The molecule has 20 heavy (non-hydrogen) atoms. The monoisotopic (exact) mass is 301 g/mol. The maximum Gasteiger partial charge on any atom is 0.504 e. The molecular formula is C11H14N2O6P+. The molecule has 0 aliphatic carbocycles. The summed E-state index contributed by atoms with van der Waals surface area (Å²) in [6.07, 6.45) is 1.06. The van der Waals surface area contributed by atoms with Gasteiger partial charge in [0.15, 0.2) is 12.9 Å². The van der Waals surface area contributed by atoms with Gasteiger partial charge in [-0.15, -0.1) is 4.52 Å². The van der Waals surface area contributed by atoms with Crippen LogP contribution in [-0.2, 0) is 18.6 Å². The summed E-state index contributed by atoms with van der Waals surface area (Å²) in [7, 11) is -1.72. The molecule has 0 radical (unpaired) electrons. The molecule has 3 heterocycles. The molecule has 2 saturated heterocycles. The average molecular weight is 301 g/mol. The number of nitrogens with one attached hydrogen (secondary N) is 1. The Morgan fingerprint density at radius 3 is 3.10 bits per heavy atom. The molecule has 2 aliphatic rings. The molecule has 1 unspecified atom stereocenters. The van der Waals surface area contributed by atoms with Crippen LogP contribution in [0.2, 0.25) is 0 Å². The second-order valence-corrected chi connectivity index (χ2v) is 6.11. The second kappa shape index (κ2) is 4.89. The molecule has 8 nitrogen and oxygen atoms in total. The summed E-state index contributed by atoms with van der Waals surface area (Å²) in [6.45, 7) is 1.97. The molecule has 3 rings (SSSR count). The SMILES string of the molecule is C[P+](=O)OC[C@]12CO[C@H](C1)[C@H](n1ccc(=O)[nH]c1=O)O2. The Bertz CT molecular complexity index is 655. The van der Waals surface area contributed by atoms with E-state index in [-0.39, 0.29) is 12.7 Å². The number of hydrogen-bond acceptors (Lipinski definition) is 6. The summed E-state index contributed by atoms with van der Waals surface area (Å²) in [5.74, 6) is 0. The maximum absolute atomic E-state index is 11.8. The lowest BCUT2D eigenvalue weighted by molar-refractivity contribution is -0.181. The van der Waals surface area contributed by atoms with Crippen molar-refractivity contribution in [3.8, 4) is 0 Å². The summed E-state index contributed by atoms with van der Waals surface area (Å²) in [4.78, 5) is 25.0. The molecule has 1 aromatic heterocycles. The molecule has 0 amide bonds. The number of hydrogen-bond donors (Lipinski definition) is 1. The van der Waals surface area contributed by atoms with E-state index >= 15 is 0 Å². The molecule has 0 aromatic carbocycles. The van der Waals surface area contributed by atoms with E-state index in [1.807, 2.05) is 0 Å². The summed E-state index contributed by atoms with van der Waals surface area (Å²) < 4.78 is 28.9. The highest BCUT2D eigenvalue weighted by atomic mass is 31.1. The molecule has 0 spiro atoms. The van der Waals surface area contributed by atoms with Crippen LogP contribution in [0.4, 0.5) is 0 Å². The van der Waals surface area contributed by atoms with E-state index in [2.05, 4.69) is 4.98 Å². The van der Waals surface area contributed by atoms with Crippen molar-refractivity contribution in [3.05, 3.63) is 33.1 Å². The van der Waals surface area contributed by atoms with Gasteiger partial charge in [-0.05, 0) is 4.57 Å². The standard InChI is InChI=1S/C11H13N2O6P/c1-20(16)18-6-11-4-7(17-5-11)9(19-11)13-3-2-8(14)12-10(13)15/h2-3,7,9H,4-6H2,1H3/p+1/t7-,9-,11-/m1/s1. The smallest absolute Gasteiger partial charge is 0.370 e. The predicted molar refractivity (Wildman–Crippen MR) is 68.0 cm³/mol. The summed E-state index contributed by atoms with van der Waals surface area (Å²) in [5, 5.41) is 0. The van der Waals surface area contributed by atoms with E-state index in [0.717, 1.165) is 0 Å². The number of nitrogens with zero attached hydrogens (tertiary/aromatic N) is 1. The lowest BCUT2D eigenvalue weighted by Gasteiger charge is -2.29. The van der Waals surface area contributed by atoms with Gasteiger partial charge < -0.3 is 9.47 Å². The molecule has 1 N–H and O–H groups in total. The van der Waals surface area contributed by atoms with E-state index in [0.29, 0.717) is 13.0 Å². The van der Waals surface area contributed by atoms with Crippen LogP contribution in [-0.4, -0.2) is 41.1 Å². The first-order valence-corrected chi connectivity index (χ1v) is 7.76. The fourth-order valence-corrected chi connectivity index (χ4v) is 2.96. The Balaban J connectivity index is 1.83. The molecule has 108 valence electrons. The summed E-state index contributed by atoms with van der Waals surface area (Å²) in [5.41, 5.74) is -1.68. The van der Waals surface area contributed by atoms with E-state index in [1.54, 1.807) is 0 Å². The summed E-state index contributed by atoms with van der Waals surface area (Å²) in [6, 6.07) is 1.25. The first-order chi connectivity index (χ1) is 9.49. The number of fused-ring (bicyclic) bond motifs is 2. The Morgan fingerprint density at radius 1 is 1.60 bits per heavy atom. The zero-order valence-corrected chi connectivity index (χ0v) is 11.7. The van der Waals surface area contributed by atoms with Crippen LogP contribution in [0.15, 0.2) is 21.9 Å². The number of ether oxygens (including phenoxy) is 2. The van der Waals surface area contributed by atoms with Crippen LogP contribution in [0, 0.1) is 0 Å². The number of rotatable bonds is 4. The summed E-state index contributed by atoms with van der Waals surface area (Å²) >= 11 is 0. The van der Waals surface area contributed by atoms with Crippen LogP contribution in [0.25, 0.3) is 0 Å². The van der Waals surface area contributed by atoms with Crippen molar-refractivity contribution in [3.63, 3.8) is 0 Å². The van der Waals surface area contributed by atoms with Crippen molar-refractivity contribution >= 4 is 8.03 Å². The molecule has 2 aliphatic heterocycles. The Kier molecular flexibility index (Phi) is 3.33. The lowest BCUT2D eigenvalue weighted by atomic mass is 10.0. The minimum Gasteiger partial charge on any atom is -0.370 e. The Labute approximate surface area is 114 Å². The van der Waals surface area contributed by atoms with Gasteiger partial charge in [0.05, 0.1) is 6.61 Å². The highest BCUT2D eigenvalue weighted by Gasteiger charge is 2.55. The maximum atomic E-state index is 11.8. The molecule has 4 atom stereocenters.